The number of nitrogens with zero attached hydrogens (tertiary/aromatic N) is 2. The van der Waals surface area contributed by atoms with Crippen molar-refractivity contribution in [1.82, 2.24) is 10.2 Å². The van der Waals surface area contributed by atoms with Crippen LogP contribution < -0.4 is 5.32 Å². The number of rotatable bonds is 8. The van der Waals surface area contributed by atoms with Crippen molar-refractivity contribution in [2.24, 2.45) is 10.9 Å². The highest BCUT2D eigenvalue weighted by Gasteiger charge is 2.21. The van der Waals surface area contributed by atoms with Gasteiger partial charge in [-0.1, -0.05) is 29.3 Å². The number of benzene rings is 1. The molecule has 0 spiro atoms. The Kier molecular flexibility index (Phi) is 9.66. The van der Waals surface area contributed by atoms with Gasteiger partial charge in [-0.15, -0.1) is 24.0 Å². The van der Waals surface area contributed by atoms with Crippen LogP contribution in [0.4, 0.5) is 0 Å². The van der Waals surface area contributed by atoms with E-state index < -0.39 is 0 Å². The lowest BCUT2D eigenvalue weighted by atomic mass is 10.1. The van der Waals surface area contributed by atoms with Crippen molar-refractivity contribution < 1.29 is 4.74 Å². The summed E-state index contributed by atoms with van der Waals surface area (Å²) >= 11 is 0. The summed E-state index contributed by atoms with van der Waals surface area (Å²) in [5.41, 5.74) is 4.03. The van der Waals surface area contributed by atoms with Crippen molar-refractivity contribution >= 4 is 29.9 Å². The number of nitrogens with one attached hydrogen (secondary N) is 1. The molecule has 0 atom stereocenters. The average molecular weight is 445 g/mol. The van der Waals surface area contributed by atoms with Gasteiger partial charge in [0.1, 0.15) is 0 Å². The standard InChI is InChI=1S/C19H31N3O.HI/c1-15-11-16(2)13-18(12-15)7-8-21-19(20-3)22(4)9-10-23-14-17-5-6-17;/h11-13,17H,5-10,14H2,1-4H3,(H,20,21);1H. The van der Waals surface area contributed by atoms with Crippen molar-refractivity contribution in [3.63, 3.8) is 0 Å². The monoisotopic (exact) mass is 445 g/mol. The maximum Gasteiger partial charge on any atom is 0.193 e. The minimum Gasteiger partial charge on any atom is -0.379 e. The lowest BCUT2D eigenvalue weighted by molar-refractivity contribution is 0.115. The molecule has 1 fully saturated rings. The first kappa shape index (κ1) is 21.2. The molecule has 136 valence electrons. The van der Waals surface area contributed by atoms with E-state index in [9.17, 15) is 0 Å². The van der Waals surface area contributed by atoms with E-state index >= 15 is 0 Å². The number of aryl methyl sites for hydroxylation is 2. The van der Waals surface area contributed by atoms with Crippen molar-refractivity contribution in [1.29, 1.82) is 0 Å². The van der Waals surface area contributed by atoms with Gasteiger partial charge in [-0.05, 0) is 44.6 Å². The van der Waals surface area contributed by atoms with E-state index in [-0.39, 0.29) is 24.0 Å². The fraction of sp³-hybridized carbons (Fsp3) is 0.632. The molecule has 1 aliphatic carbocycles. The molecule has 24 heavy (non-hydrogen) atoms. The second-order valence-corrected chi connectivity index (χ2v) is 6.66. The molecule has 0 heterocycles. The van der Waals surface area contributed by atoms with Crippen LogP contribution in [-0.4, -0.2) is 51.3 Å². The molecule has 1 aromatic rings. The van der Waals surface area contributed by atoms with Crippen LogP contribution in [0.3, 0.4) is 0 Å². The quantitative estimate of drug-likeness (QED) is 0.289. The Balaban J connectivity index is 0.00000288. The highest BCUT2D eigenvalue weighted by molar-refractivity contribution is 14.0. The van der Waals surface area contributed by atoms with Crippen molar-refractivity contribution in [3.8, 4) is 0 Å². The summed E-state index contributed by atoms with van der Waals surface area (Å²) in [6.45, 7) is 7.76. The summed E-state index contributed by atoms with van der Waals surface area (Å²) in [5.74, 6) is 1.76. The number of likely N-dealkylation sites (N-methyl/N-ethyl adjacent to an activating group) is 1. The van der Waals surface area contributed by atoms with Crippen LogP contribution in [0.2, 0.25) is 0 Å². The second kappa shape index (κ2) is 10.9. The molecule has 0 amide bonds. The van der Waals surface area contributed by atoms with Gasteiger partial charge in [0.05, 0.1) is 6.61 Å². The summed E-state index contributed by atoms with van der Waals surface area (Å²) in [6.07, 6.45) is 3.70. The Morgan fingerprint density at radius 3 is 2.50 bits per heavy atom. The minimum absolute atomic E-state index is 0. The van der Waals surface area contributed by atoms with E-state index in [2.05, 4.69) is 54.3 Å². The van der Waals surface area contributed by atoms with E-state index in [0.717, 1.165) is 44.6 Å². The lowest BCUT2D eigenvalue weighted by Gasteiger charge is -2.22. The fourth-order valence-corrected chi connectivity index (χ4v) is 2.76. The number of ether oxygens (including phenoxy) is 1. The summed E-state index contributed by atoms with van der Waals surface area (Å²) in [4.78, 5) is 6.49. The van der Waals surface area contributed by atoms with E-state index in [1.54, 1.807) is 0 Å². The summed E-state index contributed by atoms with van der Waals surface area (Å²) in [7, 11) is 3.90. The first-order valence-electron chi connectivity index (χ1n) is 8.65. The van der Waals surface area contributed by atoms with E-state index in [1.807, 2.05) is 7.05 Å². The maximum absolute atomic E-state index is 5.70. The molecule has 0 aromatic heterocycles. The normalized spacial score (nSPS) is 14.2. The molecular weight excluding hydrogens is 413 g/mol. The van der Waals surface area contributed by atoms with Crippen LogP contribution in [0.25, 0.3) is 0 Å². The average Bonchev–Trinajstić information content (AvgIpc) is 3.31. The van der Waals surface area contributed by atoms with E-state index in [4.69, 9.17) is 4.74 Å². The Labute approximate surface area is 164 Å². The Morgan fingerprint density at radius 1 is 1.25 bits per heavy atom. The van der Waals surface area contributed by atoms with Crippen LogP contribution in [0.15, 0.2) is 23.2 Å². The molecule has 1 saturated carbocycles. The molecule has 2 rings (SSSR count). The van der Waals surface area contributed by atoms with Crippen LogP contribution in [0, 0.1) is 19.8 Å². The fourth-order valence-electron chi connectivity index (χ4n) is 2.76. The molecule has 1 aliphatic rings. The zero-order valence-corrected chi connectivity index (χ0v) is 17.8. The van der Waals surface area contributed by atoms with Gasteiger partial charge in [0.2, 0.25) is 0 Å². The van der Waals surface area contributed by atoms with Gasteiger partial charge < -0.3 is 15.0 Å². The number of hydrogen-bond acceptors (Lipinski definition) is 2. The highest BCUT2D eigenvalue weighted by atomic mass is 127. The zero-order chi connectivity index (χ0) is 16.7. The van der Waals surface area contributed by atoms with Gasteiger partial charge in [0.15, 0.2) is 5.96 Å². The SMILES string of the molecule is CN=C(NCCc1cc(C)cc(C)c1)N(C)CCOCC1CC1.I. The summed E-state index contributed by atoms with van der Waals surface area (Å²) in [6, 6.07) is 6.73. The van der Waals surface area contributed by atoms with Crippen LogP contribution >= 0.6 is 24.0 Å². The maximum atomic E-state index is 5.70. The number of halogens is 1. The first-order chi connectivity index (χ1) is 11.1. The van der Waals surface area contributed by atoms with E-state index in [1.165, 1.54) is 29.5 Å². The van der Waals surface area contributed by atoms with Crippen molar-refractivity contribution in [3.05, 3.63) is 34.9 Å². The summed E-state index contributed by atoms with van der Waals surface area (Å²) < 4.78 is 5.70. The third-order valence-electron chi connectivity index (χ3n) is 4.17. The first-order valence-corrected chi connectivity index (χ1v) is 8.65. The third-order valence-corrected chi connectivity index (χ3v) is 4.17. The predicted molar refractivity (Wildman–Crippen MR) is 113 cm³/mol. The number of guanidine groups is 1. The number of aliphatic imine (C=N–C) groups is 1. The predicted octanol–water partition coefficient (Wildman–Crippen LogP) is 3.40. The summed E-state index contributed by atoms with van der Waals surface area (Å²) in [5, 5.41) is 3.44. The van der Waals surface area contributed by atoms with Crippen LogP contribution in [0.1, 0.15) is 29.5 Å². The van der Waals surface area contributed by atoms with Crippen LogP contribution in [-0.2, 0) is 11.2 Å². The van der Waals surface area contributed by atoms with Crippen molar-refractivity contribution in [2.45, 2.75) is 33.1 Å². The molecule has 0 bridgehead atoms. The van der Waals surface area contributed by atoms with Gasteiger partial charge in [0, 0.05) is 33.8 Å². The molecule has 0 aliphatic heterocycles. The Hall–Kier alpha value is -0.820. The second-order valence-electron chi connectivity index (χ2n) is 6.66. The van der Waals surface area contributed by atoms with E-state index in [0.29, 0.717) is 0 Å². The highest BCUT2D eigenvalue weighted by Crippen LogP contribution is 2.28. The molecule has 1 N–H and O–H groups in total. The molecule has 0 radical (unpaired) electrons. The molecule has 0 unspecified atom stereocenters. The Morgan fingerprint density at radius 2 is 1.92 bits per heavy atom. The zero-order valence-electron chi connectivity index (χ0n) is 15.5. The van der Waals surface area contributed by atoms with Gasteiger partial charge >= 0.3 is 0 Å². The van der Waals surface area contributed by atoms with Gasteiger partial charge in [-0.3, -0.25) is 4.99 Å². The van der Waals surface area contributed by atoms with Crippen molar-refractivity contribution in [2.75, 3.05) is 40.4 Å². The molecule has 1 aromatic carbocycles. The largest absolute Gasteiger partial charge is 0.379 e. The topological polar surface area (TPSA) is 36.9 Å². The number of hydrogen-bond donors (Lipinski definition) is 1. The minimum atomic E-state index is 0. The Bertz CT molecular complexity index is 509. The smallest absolute Gasteiger partial charge is 0.193 e. The molecular formula is C19H32IN3O. The van der Waals surface area contributed by atoms with Gasteiger partial charge in [0.25, 0.3) is 0 Å². The molecule has 5 heteroatoms. The third kappa shape index (κ3) is 7.83. The molecule has 0 saturated heterocycles. The van der Waals surface area contributed by atoms with Gasteiger partial charge in [-0.25, -0.2) is 0 Å². The van der Waals surface area contributed by atoms with Gasteiger partial charge in [-0.2, -0.15) is 0 Å². The molecule has 4 nitrogen and oxygen atoms in total. The lowest BCUT2D eigenvalue weighted by Crippen LogP contribution is -2.41. The van der Waals surface area contributed by atoms with Crippen LogP contribution in [0.5, 0.6) is 0 Å².